The highest BCUT2D eigenvalue weighted by molar-refractivity contribution is 5.92. The second-order valence-electron chi connectivity index (χ2n) is 3.24. The van der Waals surface area contributed by atoms with E-state index in [0.717, 1.165) is 12.8 Å². The molecule has 1 rings (SSSR count). The molecule has 11 heavy (non-hydrogen) atoms. The molecule has 1 amide bonds. The van der Waals surface area contributed by atoms with Crippen molar-refractivity contribution in [2.45, 2.75) is 38.6 Å². The van der Waals surface area contributed by atoms with Crippen molar-refractivity contribution in [2.24, 2.45) is 0 Å². The number of carbonyl (C=O) groups is 1. The topological polar surface area (TPSA) is 29.1 Å². The maximum Gasteiger partial charge on any atom is 0.246 e. The first-order chi connectivity index (χ1) is 5.20. The Bertz CT molecular complexity index is 168. The van der Waals surface area contributed by atoms with Crippen molar-refractivity contribution in [1.82, 2.24) is 5.32 Å². The fourth-order valence-electron chi connectivity index (χ4n) is 1.38. The SMILES string of the molecule is C=C(C)C(=O)NC1CCCC1. The summed E-state index contributed by atoms with van der Waals surface area (Å²) in [6.45, 7) is 5.33. The monoisotopic (exact) mass is 153 g/mol. The van der Waals surface area contributed by atoms with Crippen LogP contribution in [-0.4, -0.2) is 11.9 Å². The first-order valence-corrected chi connectivity index (χ1v) is 4.16. The van der Waals surface area contributed by atoms with Gasteiger partial charge in [0.1, 0.15) is 0 Å². The third kappa shape index (κ3) is 2.37. The molecule has 0 saturated heterocycles. The fourth-order valence-corrected chi connectivity index (χ4v) is 1.38. The predicted octanol–water partition coefficient (Wildman–Crippen LogP) is 1.62. The van der Waals surface area contributed by atoms with E-state index in [1.54, 1.807) is 6.92 Å². The zero-order valence-corrected chi connectivity index (χ0v) is 7.02. The number of carbonyl (C=O) groups excluding carboxylic acids is 1. The lowest BCUT2D eigenvalue weighted by atomic mass is 10.2. The quantitative estimate of drug-likeness (QED) is 0.600. The van der Waals surface area contributed by atoms with Gasteiger partial charge < -0.3 is 5.32 Å². The fraction of sp³-hybridized carbons (Fsp3) is 0.667. The van der Waals surface area contributed by atoms with Crippen molar-refractivity contribution in [3.63, 3.8) is 0 Å². The number of amides is 1. The van der Waals surface area contributed by atoms with Crippen LogP contribution < -0.4 is 5.32 Å². The molecule has 0 aliphatic heterocycles. The van der Waals surface area contributed by atoms with E-state index in [-0.39, 0.29) is 5.91 Å². The zero-order chi connectivity index (χ0) is 8.27. The molecule has 1 fully saturated rings. The van der Waals surface area contributed by atoms with Gasteiger partial charge in [-0.15, -0.1) is 0 Å². The third-order valence-corrected chi connectivity index (χ3v) is 2.08. The van der Waals surface area contributed by atoms with Crippen LogP contribution in [-0.2, 0) is 4.79 Å². The maximum atomic E-state index is 11.1. The minimum atomic E-state index is 0.0110. The average molecular weight is 153 g/mol. The van der Waals surface area contributed by atoms with Crippen LogP contribution in [0.2, 0.25) is 0 Å². The van der Waals surface area contributed by atoms with Crippen LogP contribution in [0.5, 0.6) is 0 Å². The molecule has 0 heterocycles. The van der Waals surface area contributed by atoms with Crippen molar-refractivity contribution < 1.29 is 4.79 Å². The van der Waals surface area contributed by atoms with Gasteiger partial charge in [-0.2, -0.15) is 0 Å². The first kappa shape index (κ1) is 8.31. The van der Waals surface area contributed by atoms with E-state index in [0.29, 0.717) is 11.6 Å². The van der Waals surface area contributed by atoms with Gasteiger partial charge in [-0.3, -0.25) is 4.79 Å². The molecule has 0 radical (unpaired) electrons. The lowest BCUT2D eigenvalue weighted by molar-refractivity contribution is -0.118. The molecule has 0 bridgehead atoms. The first-order valence-electron chi connectivity index (χ1n) is 4.16. The Labute approximate surface area is 67.7 Å². The van der Waals surface area contributed by atoms with Gasteiger partial charge in [-0.25, -0.2) is 0 Å². The third-order valence-electron chi connectivity index (χ3n) is 2.08. The van der Waals surface area contributed by atoms with E-state index in [2.05, 4.69) is 11.9 Å². The summed E-state index contributed by atoms with van der Waals surface area (Å²) < 4.78 is 0. The Hall–Kier alpha value is -0.790. The molecule has 0 unspecified atom stereocenters. The van der Waals surface area contributed by atoms with E-state index < -0.39 is 0 Å². The van der Waals surface area contributed by atoms with Crippen LogP contribution in [0.4, 0.5) is 0 Å². The van der Waals surface area contributed by atoms with Gasteiger partial charge in [-0.1, -0.05) is 19.4 Å². The smallest absolute Gasteiger partial charge is 0.246 e. The van der Waals surface area contributed by atoms with Gasteiger partial charge in [0.15, 0.2) is 0 Å². The predicted molar refractivity (Wildman–Crippen MR) is 45.2 cm³/mol. The van der Waals surface area contributed by atoms with Gasteiger partial charge in [-0.05, 0) is 19.8 Å². The van der Waals surface area contributed by atoms with Crippen LogP contribution in [0, 0.1) is 0 Å². The van der Waals surface area contributed by atoms with E-state index >= 15 is 0 Å². The van der Waals surface area contributed by atoms with Gasteiger partial charge in [0.05, 0.1) is 0 Å². The number of hydrogen-bond donors (Lipinski definition) is 1. The lowest BCUT2D eigenvalue weighted by Gasteiger charge is -2.10. The van der Waals surface area contributed by atoms with Crippen LogP contribution in [0.15, 0.2) is 12.2 Å². The average Bonchev–Trinajstić information content (AvgIpc) is 2.39. The highest BCUT2D eigenvalue weighted by Gasteiger charge is 2.16. The van der Waals surface area contributed by atoms with E-state index in [1.165, 1.54) is 12.8 Å². The largest absolute Gasteiger partial charge is 0.350 e. The summed E-state index contributed by atoms with van der Waals surface area (Å²) in [5.41, 5.74) is 0.608. The zero-order valence-electron chi connectivity index (χ0n) is 7.02. The van der Waals surface area contributed by atoms with Crippen LogP contribution in [0.3, 0.4) is 0 Å². The van der Waals surface area contributed by atoms with Gasteiger partial charge in [0, 0.05) is 11.6 Å². The van der Waals surface area contributed by atoms with Crippen LogP contribution in [0.1, 0.15) is 32.6 Å². The molecule has 62 valence electrons. The molecule has 0 aromatic rings. The van der Waals surface area contributed by atoms with Crippen LogP contribution in [0.25, 0.3) is 0 Å². The Morgan fingerprint density at radius 3 is 2.45 bits per heavy atom. The van der Waals surface area contributed by atoms with Gasteiger partial charge in [0.25, 0.3) is 0 Å². The molecular formula is C9H15NO. The molecule has 1 aliphatic rings. The highest BCUT2D eigenvalue weighted by Crippen LogP contribution is 2.17. The molecule has 0 aromatic carbocycles. The van der Waals surface area contributed by atoms with E-state index in [4.69, 9.17) is 0 Å². The van der Waals surface area contributed by atoms with Crippen molar-refractivity contribution in [2.75, 3.05) is 0 Å². The number of hydrogen-bond acceptors (Lipinski definition) is 1. The van der Waals surface area contributed by atoms with Crippen molar-refractivity contribution in [3.05, 3.63) is 12.2 Å². The van der Waals surface area contributed by atoms with Crippen molar-refractivity contribution in [1.29, 1.82) is 0 Å². The van der Waals surface area contributed by atoms with Gasteiger partial charge in [0.2, 0.25) is 5.91 Å². The second kappa shape index (κ2) is 3.56. The standard InChI is InChI=1S/C9H15NO/c1-7(2)9(11)10-8-5-3-4-6-8/h8H,1,3-6H2,2H3,(H,10,11). The summed E-state index contributed by atoms with van der Waals surface area (Å²) in [5.74, 6) is 0.0110. The van der Waals surface area contributed by atoms with Gasteiger partial charge >= 0.3 is 0 Å². The minimum Gasteiger partial charge on any atom is -0.350 e. The summed E-state index contributed by atoms with van der Waals surface area (Å²) in [7, 11) is 0. The highest BCUT2D eigenvalue weighted by atomic mass is 16.1. The molecule has 1 aliphatic carbocycles. The summed E-state index contributed by atoms with van der Waals surface area (Å²) in [6.07, 6.45) is 4.78. The molecule has 2 heteroatoms. The Morgan fingerprint density at radius 1 is 1.45 bits per heavy atom. The molecular weight excluding hydrogens is 138 g/mol. The maximum absolute atomic E-state index is 11.1. The van der Waals surface area contributed by atoms with Crippen molar-refractivity contribution >= 4 is 5.91 Å². The molecule has 1 saturated carbocycles. The summed E-state index contributed by atoms with van der Waals surface area (Å²) in [5, 5.41) is 2.94. The molecule has 0 atom stereocenters. The summed E-state index contributed by atoms with van der Waals surface area (Å²) in [4.78, 5) is 11.1. The summed E-state index contributed by atoms with van der Waals surface area (Å²) in [6, 6.07) is 0.416. The normalized spacial score (nSPS) is 18.3. The molecule has 0 spiro atoms. The molecule has 1 N–H and O–H groups in total. The minimum absolute atomic E-state index is 0.0110. The summed E-state index contributed by atoms with van der Waals surface area (Å²) >= 11 is 0. The molecule has 0 aromatic heterocycles. The second-order valence-corrected chi connectivity index (χ2v) is 3.24. The number of rotatable bonds is 2. The number of nitrogens with one attached hydrogen (secondary N) is 1. The molecule has 2 nitrogen and oxygen atoms in total. The van der Waals surface area contributed by atoms with E-state index in [1.807, 2.05) is 0 Å². The van der Waals surface area contributed by atoms with Crippen LogP contribution >= 0.6 is 0 Å². The Kier molecular flexibility index (Phi) is 2.69. The van der Waals surface area contributed by atoms with E-state index in [9.17, 15) is 4.79 Å². The lowest BCUT2D eigenvalue weighted by Crippen LogP contribution is -2.32. The van der Waals surface area contributed by atoms with Crippen molar-refractivity contribution in [3.8, 4) is 0 Å². The Morgan fingerprint density at radius 2 is 2.00 bits per heavy atom. The Balaban J connectivity index is 2.29.